The van der Waals surface area contributed by atoms with Gasteiger partial charge in [0, 0.05) is 29.5 Å². The van der Waals surface area contributed by atoms with Gasteiger partial charge in [-0.05, 0) is 24.3 Å². The number of carbonyl (C=O) groups is 1. The number of thiazole rings is 1. The summed E-state index contributed by atoms with van der Waals surface area (Å²) in [6, 6.07) is 6.93. The third-order valence-corrected chi connectivity index (χ3v) is 3.65. The monoisotopic (exact) mass is 316 g/mol. The van der Waals surface area contributed by atoms with E-state index in [9.17, 15) is 4.79 Å². The van der Waals surface area contributed by atoms with Gasteiger partial charge in [0.05, 0.1) is 11.3 Å². The summed E-state index contributed by atoms with van der Waals surface area (Å²) in [5.41, 5.74) is 2.11. The van der Waals surface area contributed by atoms with Crippen molar-refractivity contribution in [2.75, 3.05) is 5.32 Å². The van der Waals surface area contributed by atoms with Crippen molar-refractivity contribution < 1.29 is 4.79 Å². The second-order valence-corrected chi connectivity index (χ2v) is 5.35. The van der Waals surface area contributed by atoms with Gasteiger partial charge in [-0.25, -0.2) is 9.97 Å². The van der Waals surface area contributed by atoms with E-state index in [1.807, 2.05) is 17.5 Å². The Morgan fingerprint density at radius 1 is 1.24 bits per heavy atom. The summed E-state index contributed by atoms with van der Waals surface area (Å²) in [4.78, 5) is 24.3. The van der Waals surface area contributed by atoms with Crippen molar-refractivity contribution in [2.24, 2.45) is 0 Å². The predicted molar refractivity (Wildman–Crippen MR) is 82.5 cm³/mol. The Bertz CT molecular complexity index is 758. The molecule has 0 aliphatic heterocycles. The van der Waals surface area contributed by atoms with E-state index in [4.69, 9.17) is 11.6 Å². The lowest BCUT2D eigenvalue weighted by molar-refractivity contribution is 0.102. The summed E-state index contributed by atoms with van der Waals surface area (Å²) in [6.07, 6.45) is 4.85. The number of hydrogen-bond donors (Lipinski definition) is 1. The highest BCUT2D eigenvalue weighted by Gasteiger charge is 2.10. The fraction of sp³-hybridized carbons (Fsp3) is 0. The highest BCUT2D eigenvalue weighted by atomic mass is 35.5. The van der Waals surface area contributed by atoms with Crippen LogP contribution in [0, 0.1) is 0 Å². The number of pyridine rings is 2. The zero-order valence-electron chi connectivity index (χ0n) is 10.7. The van der Waals surface area contributed by atoms with Crippen LogP contribution >= 0.6 is 22.9 Å². The van der Waals surface area contributed by atoms with Gasteiger partial charge in [0.2, 0.25) is 0 Å². The molecule has 21 heavy (non-hydrogen) atoms. The molecule has 0 saturated carbocycles. The average Bonchev–Trinajstić information content (AvgIpc) is 2.97. The van der Waals surface area contributed by atoms with Crippen molar-refractivity contribution in [3.05, 3.63) is 59.0 Å². The number of nitrogens with zero attached hydrogens (tertiary/aromatic N) is 3. The lowest BCUT2D eigenvalue weighted by Gasteiger charge is -2.01. The van der Waals surface area contributed by atoms with Crippen molar-refractivity contribution in [2.45, 2.75) is 0 Å². The Balaban J connectivity index is 1.75. The highest BCUT2D eigenvalue weighted by molar-refractivity contribution is 7.14. The first-order valence-electron chi connectivity index (χ1n) is 6.01. The topological polar surface area (TPSA) is 67.8 Å². The molecule has 0 aromatic carbocycles. The second-order valence-electron chi connectivity index (χ2n) is 4.10. The van der Waals surface area contributed by atoms with E-state index in [0.717, 1.165) is 11.3 Å². The Morgan fingerprint density at radius 2 is 2.14 bits per heavy atom. The van der Waals surface area contributed by atoms with E-state index >= 15 is 0 Å². The first kappa shape index (κ1) is 13.7. The van der Waals surface area contributed by atoms with E-state index in [1.165, 1.54) is 17.5 Å². The van der Waals surface area contributed by atoms with Crippen LogP contribution in [-0.4, -0.2) is 20.9 Å². The molecule has 5 nitrogen and oxygen atoms in total. The zero-order valence-corrected chi connectivity index (χ0v) is 12.2. The van der Waals surface area contributed by atoms with Crippen molar-refractivity contribution in [1.82, 2.24) is 15.0 Å². The van der Waals surface area contributed by atoms with E-state index in [-0.39, 0.29) is 5.91 Å². The number of hydrogen-bond acceptors (Lipinski definition) is 5. The van der Waals surface area contributed by atoms with E-state index in [2.05, 4.69) is 20.3 Å². The highest BCUT2D eigenvalue weighted by Crippen LogP contribution is 2.24. The van der Waals surface area contributed by atoms with Crippen LogP contribution in [0.25, 0.3) is 11.3 Å². The molecule has 0 atom stereocenters. The first-order valence-corrected chi connectivity index (χ1v) is 7.27. The molecule has 0 fully saturated rings. The summed E-state index contributed by atoms with van der Waals surface area (Å²) in [6.45, 7) is 0. The molecule has 0 aliphatic rings. The molecule has 1 N–H and O–H groups in total. The standard InChI is InChI=1S/C14H9ClN4OS/c15-12-4-3-10(7-17-12)13(20)19-14-18-11(8-21-14)9-2-1-5-16-6-9/h1-8H,(H,18,19,20). The lowest BCUT2D eigenvalue weighted by atomic mass is 10.2. The molecule has 7 heteroatoms. The van der Waals surface area contributed by atoms with Gasteiger partial charge in [-0.2, -0.15) is 0 Å². The second kappa shape index (κ2) is 5.99. The number of amides is 1. The van der Waals surface area contributed by atoms with Gasteiger partial charge in [0.15, 0.2) is 5.13 Å². The number of nitrogens with one attached hydrogen (secondary N) is 1. The third kappa shape index (κ3) is 3.24. The maximum absolute atomic E-state index is 12.0. The normalized spacial score (nSPS) is 10.3. The minimum absolute atomic E-state index is 0.272. The molecule has 1 amide bonds. The van der Waals surface area contributed by atoms with Crippen LogP contribution in [0.1, 0.15) is 10.4 Å². The van der Waals surface area contributed by atoms with E-state index in [1.54, 1.807) is 24.5 Å². The van der Waals surface area contributed by atoms with Crippen LogP contribution < -0.4 is 5.32 Å². The molecule has 3 heterocycles. The van der Waals surface area contributed by atoms with E-state index < -0.39 is 0 Å². The molecule has 104 valence electrons. The Labute approximate surface area is 129 Å². The third-order valence-electron chi connectivity index (χ3n) is 2.67. The maximum atomic E-state index is 12.0. The number of rotatable bonds is 3. The molecular formula is C14H9ClN4OS. The minimum atomic E-state index is -0.272. The van der Waals surface area contributed by atoms with Gasteiger partial charge in [-0.3, -0.25) is 15.1 Å². The first-order chi connectivity index (χ1) is 10.2. The molecule has 0 spiro atoms. The fourth-order valence-corrected chi connectivity index (χ4v) is 2.48. The van der Waals surface area contributed by atoms with Crippen LogP contribution in [0.2, 0.25) is 5.15 Å². The fourth-order valence-electron chi connectivity index (χ4n) is 1.66. The largest absolute Gasteiger partial charge is 0.298 e. The zero-order chi connectivity index (χ0) is 14.7. The summed E-state index contributed by atoms with van der Waals surface area (Å²) in [7, 11) is 0. The Hall–Kier alpha value is -2.31. The number of aromatic nitrogens is 3. The summed E-state index contributed by atoms with van der Waals surface area (Å²) < 4.78 is 0. The molecule has 0 saturated heterocycles. The summed E-state index contributed by atoms with van der Waals surface area (Å²) >= 11 is 7.04. The van der Waals surface area contributed by atoms with Gasteiger partial charge in [0.25, 0.3) is 5.91 Å². The number of carbonyl (C=O) groups excluding carboxylic acids is 1. The van der Waals surface area contributed by atoms with Crippen molar-refractivity contribution in [3.63, 3.8) is 0 Å². The average molecular weight is 317 g/mol. The molecular weight excluding hydrogens is 308 g/mol. The SMILES string of the molecule is O=C(Nc1nc(-c2cccnc2)cs1)c1ccc(Cl)nc1. The lowest BCUT2D eigenvalue weighted by Crippen LogP contribution is -2.11. The van der Waals surface area contributed by atoms with Crippen LogP contribution in [0.4, 0.5) is 5.13 Å². The molecule has 0 unspecified atom stereocenters. The molecule has 0 radical (unpaired) electrons. The molecule has 0 bridgehead atoms. The number of anilines is 1. The van der Waals surface area contributed by atoms with Gasteiger partial charge >= 0.3 is 0 Å². The van der Waals surface area contributed by atoms with Gasteiger partial charge in [0.1, 0.15) is 5.15 Å². The van der Waals surface area contributed by atoms with Gasteiger partial charge in [-0.1, -0.05) is 11.6 Å². The van der Waals surface area contributed by atoms with Crippen molar-refractivity contribution >= 4 is 34.0 Å². The molecule has 3 aromatic heterocycles. The minimum Gasteiger partial charge on any atom is -0.298 e. The summed E-state index contributed by atoms with van der Waals surface area (Å²) in [5, 5.41) is 5.47. The van der Waals surface area contributed by atoms with E-state index in [0.29, 0.717) is 15.8 Å². The van der Waals surface area contributed by atoms with Crippen molar-refractivity contribution in [3.8, 4) is 11.3 Å². The quantitative estimate of drug-likeness (QED) is 0.751. The molecule has 0 aliphatic carbocycles. The van der Waals surface area contributed by atoms with Crippen LogP contribution in [0.15, 0.2) is 48.2 Å². The molecule has 3 rings (SSSR count). The summed E-state index contributed by atoms with van der Waals surface area (Å²) in [5.74, 6) is -0.272. The van der Waals surface area contributed by atoms with Crippen LogP contribution in [-0.2, 0) is 0 Å². The Kier molecular flexibility index (Phi) is 3.89. The Morgan fingerprint density at radius 3 is 2.86 bits per heavy atom. The van der Waals surface area contributed by atoms with Crippen molar-refractivity contribution in [1.29, 1.82) is 0 Å². The van der Waals surface area contributed by atoms with Crippen LogP contribution in [0.5, 0.6) is 0 Å². The van der Waals surface area contributed by atoms with Gasteiger partial charge < -0.3 is 0 Å². The van der Waals surface area contributed by atoms with Gasteiger partial charge in [-0.15, -0.1) is 11.3 Å². The maximum Gasteiger partial charge on any atom is 0.259 e. The van der Waals surface area contributed by atoms with Crippen LogP contribution in [0.3, 0.4) is 0 Å². The number of halogens is 1. The smallest absolute Gasteiger partial charge is 0.259 e. The molecule has 3 aromatic rings. The predicted octanol–water partition coefficient (Wildman–Crippen LogP) is 3.51.